The monoisotopic (exact) mass is 230 g/mol. The van der Waals surface area contributed by atoms with Crippen LogP contribution in [-0.2, 0) is 21.4 Å². The average Bonchev–Trinajstić information content (AvgIpc) is 3.06. The summed E-state index contributed by atoms with van der Waals surface area (Å²) in [6.45, 7) is 2.37. The minimum atomic E-state index is 0.00389. The highest BCUT2D eigenvalue weighted by Gasteiger charge is 2.60. The molecule has 2 aliphatic rings. The summed E-state index contributed by atoms with van der Waals surface area (Å²) in [6, 6.07) is 8.59. The van der Waals surface area contributed by atoms with E-state index in [1.807, 2.05) is 6.92 Å². The van der Waals surface area contributed by atoms with Crippen molar-refractivity contribution in [1.29, 1.82) is 0 Å². The molecule has 1 aromatic carbocycles. The first-order valence-electron chi connectivity index (χ1n) is 6.53. The summed E-state index contributed by atoms with van der Waals surface area (Å²) in [5.74, 6) is 0.119. The van der Waals surface area contributed by atoms with E-state index < -0.39 is 0 Å². The number of fused-ring (bicyclic) bond motifs is 2. The normalized spacial score (nSPS) is 29.8. The smallest absolute Gasteiger partial charge is 0.309 e. The van der Waals surface area contributed by atoms with Crippen LogP contribution < -0.4 is 0 Å². The van der Waals surface area contributed by atoms with Crippen LogP contribution in [0.3, 0.4) is 0 Å². The van der Waals surface area contributed by atoms with E-state index in [1.54, 1.807) is 0 Å². The van der Waals surface area contributed by atoms with Crippen molar-refractivity contribution >= 4 is 5.97 Å². The molecule has 0 aromatic heterocycles. The second-order valence-corrected chi connectivity index (χ2v) is 5.18. The van der Waals surface area contributed by atoms with Gasteiger partial charge in [0, 0.05) is 5.41 Å². The summed E-state index contributed by atoms with van der Waals surface area (Å²) in [7, 11) is 0. The van der Waals surface area contributed by atoms with Crippen LogP contribution >= 0.6 is 0 Å². The Morgan fingerprint density at radius 1 is 1.47 bits per heavy atom. The van der Waals surface area contributed by atoms with Crippen LogP contribution in [-0.4, -0.2) is 12.6 Å². The predicted octanol–water partition coefficient (Wildman–Crippen LogP) is 2.84. The van der Waals surface area contributed by atoms with E-state index in [4.69, 9.17) is 4.74 Å². The zero-order chi connectivity index (χ0) is 11.9. The number of carbonyl (C=O) groups excluding carboxylic acids is 1. The number of aryl methyl sites for hydroxylation is 1. The van der Waals surface area contributed by atoms with Gasteiger partial charge in [0.25, 0.3) is 0 Å². The fourth-order valence-corrected chi connectivity index (χ4v) is 3.38. The predicted molar refractivity (Wildman–Crippen MR) is 65.8 cm³/mol. The maximum atomic E-state index is 11.9. The third-order valence-corrected chi connectivity index (χ3v) is 4.27. The van der Waals surface area contributed by atoms with Crippen molar-refractivity contribution < 1.29 is 9.53 Å². The van der Waals surface area contributed by atoms with Gasteiger partial charge in [-0.1, -0.05) is 24.3 Å². The van der Waals surface area contributed by atoms with Crippen molar-refractivity contribution in [2.75, 3.05) is 6.61 Å². The summed E-state index contributed by atoms with van der Waals surface area (Å²) in [6.07, 6.45) is 4.50. The molecule has 2 heteroatoms. The number of hydrogen-bond donors (Lipinski definition) is 0. The molecule has 0 saturated heterocycles. The summed E-state index contributed by atoms with van der Waals surface area (Å²) >= 11 is 0. The third kappa shape index (κ3) is 1.58. The fraction of sp³-hybridized carbons (Fsp3) is 0.533. The third-order valence-electron chi connectivity index (χ3n) is 4.27. The lowest BCUT2D eigenvalue weighted by atomic mass is 9.79. The molecule has 2 aliphatic carbocycles. The number of hydrogen-bond acceptors (Lipinski definition) is 2. The zero-order valence-corrected chi connectivity index (χ0v) is 10.2. The first-order valence-corrected chi connectivity index (χ1v) is 6.53. The highest BCUT2D eigenvalue weighted by atomic mass is 16.5. The Balaban J connectivity index is 1.90. The molecule has 1 spiro atoms. The second-order valence-electron chi connectivity index (χ2n) is 5.18. The van der Waals surface area contributed by atoms with Crippen molar-refractivity contribution in [3.05, 3.63) is 35.4 Å². The molecule has 2 atom stereocenters. The molecular formula is C15H18O2. The molecule has 0 amide bonds. The maximum Gasteiger partial charge on any atom is 0.309 e. The largest absolute Gasteiger partial charge is 0.466 e. The highest BCUT2D eigenvalue weighted by molar-refractivity contribution is 5.79. The minimum absolute atomic E-state index is 0.00389. The van der Waals surface area contributed by atoms with Gasteiger partial charge in [0.1, 0.15) is 0 Å². The Kier molecular flexibility index (Phi) is 2.46. The van der Waals surface area contributed by atoms with Gasteiger partial charge >= 0.3 is 5.97 Å². The molecule has 1 aromatic rings. The van der Waals surface area contributed by atoms with Crippen LogP contribution in [0.2, 0.25) is 0 Å². The van der Waals surface area contributed by atoms with E-state index in [1.165, 1.54) is 17.5 Å². The molecule has 90 valence electrons. The van der Waals surface area contributed by atoms with E-state index >= 15 is 0 Å². The number of carbonyl (C=O) groups is 1. The Bertz CT molecular complexity index is 452. The second kappa shape index (κ2) is 3.86. The SMILES string of the molecule is CCOC(=O)C1CC12CCCc1ccccc12. The zero-order valence-electron chi connectivity index (χ0n) is 10.2. The number of benzene rings is 1. The van der Waals surface area contributed by atoms with Gasteiger partial charge in [-0.2, -0.15) is 0 Å². The first-order chi connectivity index (χ1) is 8.28. The standard InChI is InChI=1S/C15H18O2/c1-2-17-14(16)13-10-15(13)9-5-7-11-6-3-4-8-12(11)15/h3-4,6,8,13H,2,5,7,9-10H2,1H3. The molecule has 17 heavy (non-hydrogen) atoms. The van der Waals surface area contributed by atoms with Crippen molar-refractivity contribution in [1.82, 2.24) is 0 Å². The van der Waals surface area contributed by atoms with Crippen LogP contribution in [0.1, 0.15) is 37.3 Å². The number of esters is 1. The van der Waals surface area contributed by atoms with Crippen molar-refractivity contribution in [2.24, 2.45) is 5.92 Å². The lowest BCUT2D eigenvalue weighted by Gasteiger charge is -2.26. The molecule has 0 N–H and O–H groups in total. The summed E-state index contributed by atoms with van der Waals surface area (Å²) in [5.41, 5.74) is 2.97. The van der Waals surface area contributed by atoms with Gasteiger partial charge in [-0.3, -0.25) is 4.79 Å². The van der Waals surface area contributed by atoms with Gasteiger partial charge in [-0.15, -0.1) is 0 Å². The quantitative estimate of drug-likeness (QED) is 0.730. The molecule has 1 fully saturated rings. The molecule has 1 saturated carbocycles. The van der Waals surface area contributed by atoms with Crippen LogP contribution in [0.15, 0.2) is 24.3 Å². The molecule has 0 bridgehead atoms. The van der Waals surface area contributed by atoms with Crippen LogP contribution in [0, 0.1) is 5.92 Å². The Labute approximate surface area is 102 Å². The topological polar surface area (TPSA) is 26.3 Å². The van der Waals surface area contributed by atoms with Crippen molar-refractivity contribution in [3.8, 4) is 0 Å². The van der Waals surface area contributed by atoms with E-state index in [9.17, 15) is 4.79 Å². The number of rotatable bonds is 2. The van der Waals surface area contributed by atoms with Gasteiger partial charge in [-0.05, 0) is 43.7 Å². The fourth-order valence-electron chi connectivity index (χ4n) is 3.38. The molecule has 2 nitrogen and oxygen atoms in total. The van der Waals surface area contributed by atoms with Gasteiger partial charge in [-0.25, -0.2) is 0 Å². The lowest BCUT2D eigenvalue weighted by molar-refractivity contribution is -0.145. The highest BCUT2D eigenvalue weighted by Crippen LogP contribution is 2.60. The molecule has 2 unspecified atom stereocenters. The Morgan fingerprint density at radius 2 is 2.29 bits per heavy atom. The molecule has 3 rings (SSSR count). The van der Waals surface area contributed by atoms with Crippen molar-refractivity contribution in [3.63, 3.8) is 0 Å². The van der Waals surface area contributed by atoms with E-state index in [2.05, 4.69) is 24.3 Å². The Morgan fingerprint density at radius 3 is 3.12 bits per heavy atom. The minimum Gasteiger partial charge on any atom is -0.466 e. The average molecular weight is 230 g/mol. The lowest BCUT2D eigenvalue weighted by Crippen LogP contribution is -2.22. The first kappa shape index (κ1) is 10.8. The van der Waals surface area contributed by atoms with E-state index in [-0.39, 0.29) is 17.3 Å². The van der Waals surface area contributed by atoms with Gasteiger partial charge in [0.15, 0.2) is 0 Å². The molecule has 0 heterocycles. The van der Waals surface area contributed by atoms with Crippen molar-refractivity contribution in [2.45, 2.75) is 38.0 Å². The van der Waals surface area contributed by atoms with Crippen LogP contribution in [0.25, 0.3) is 0 Å². The van der Waals surface area contributed by atoms with E-state index in [0.717, 1.165) is 19.3 Å². The summed E-state index contributed by atoms with van der Waals surface area (Å²) in [5, 5.41) is 0. The summed E-state index contributed by atoms with van der Waals surface area (Å²) < 4.78 is 5.17. The van der Waals surface area contributed by atoms with Gasteiger partial charge in [0.05, 0.1) is 12.5 Å². The van der Waals surface area contributed by atoms with E-state index in [0.29, 0.717) is 6.61 Å². The number of ether oxygens (including phenoxy) is 1. The van der Waals surface area contributed by atoms with Gasteiger partial charge < -0.3 is 4.74 Å². The van der Waals surface area contributed by atoms with Crippen LogP contribution in [0.4, 0.5) is 0 Å². The molecular weight excluding hydrogens is 212 g/mol. The Hall–Kier alpha value is -1.31. The molecule has 0 aliphatic heterocycles. The maximum absolute atomic E-state index is 11.9. The van der Waals surface area contributed by atoms with Gasteiger partial charge in [0.2, 0.25) is 0 Å². The molecule has 0 radical (unpaired) electrons. The van der Waals surface area contributed by atoms with Crippen LogP contribution in [0.5, 0.6) is 0 Å². The summed E-state index contributed by atoms with van der Waals surface area (Å²) in [4.78, 5) is 11.9.